The molecule has 1 aromatic carbocycles. The van der Waals surface area contributed by atoms with Crippen LogP contribution in [0.5, 0.6) is 0 Å². The lowest BCUT2D eigenvalue weighted by Crippen LogP contribution is -2.19. The van der Waals surface area contributed by atoms with Crippen molar-refractivity contribution in [3.63, 3.8) is 0 Å². The lowest BCUT2D eigenvalue weighted by Gasteiger charge is -2.19. The predicted molar refractivity (Wildman–Crippen MR) is 66.6 cm³/mol. The molecule has 17 heavy (non-hydrogen) atoms. The highest BCUT2D eigenvalue weighted by Crippen LogP contribution is 2.51. The summed E-state index contributed by atoms with van der Waals surface area (Å²) in [6.45, 7) is 0.756. The van der Waals surface area contributed by atoms with E-state index in [-0.39, 0.29) is 0 Å². The van der Waals surface area contributed by atoms with Gasteiger partial charge in [-0.25, -0.2) is 0 Å². The highest BCUT2D eigenvalue weighted by molar-refractivity contribution is 5.28. The van der Waals surface area contributed by atoms with Gasteiger partial charge < -0.3 is 9.84 Å². The molecule has 2 nitrogen and oxygen atoms in total. The largest absolute Gasteiger partial charge is 0.495 e. The van der Waals surface area contributed by atoms with Crippen LogP contribution in [0.1, 0.15) is 30.7 Å². The van der Waals surface area contributed by atoms with Crippen molar-refractivity contribution in [2.45, 2.75) is 31.3 Å². The molecule has 1 aromatic rings. The van der Waals surface area contributed by atoms with Crippen molar-refractivity contribution < 1.29 is 9.84 Å². The van der Waals surface area contributed by atoms with Crippen molar-refractivity contribution in [2.75, 3.05) is 6.61 Å². The van der Waals surface area contributed by atoms with E-state index in [4.69, 9.17) is 4.74 Å². The van der Waals surface area contributed by atoms with Crippen LogP contribution in [0.2, 0.25) is 0 Å². The van der Waals surface area contributed by atoms with Gasteiger partial charge in [0.05, 0.1) is 6.61 Å². The molecule has 2 aliphatic rings. The second-order valence-corrected chi connectivity index (χ2v) is 4.96. The lowest BCUT2D eigenvalue weighted by molar-refractivity contribution is 0.0780. The van der Waals surface area contributed by atoms with Gasteiger partial charge in [-0.05, 0) is 42.7 Å². The van der Waals surface area contributed by atoms with Gasteiger partial charge in [0.25, 0.3) is 0 Å². The van der Waals surface area contributed by atoms with Crippen LogP contribution in [-0.4, -0.2) is 17.8 Å². The molecule has 3 atom stereocenters. The molecule has 3 unspecified atom stereocenters. The van der Waals surface area contributed by atoms with Crippen molar-refractivity contribution in [3.05, 3.63) is 47.7 Å². The molecule has 0 radical (unpaired) electrons. The summed E-state index contributed by atoms with van der Waals surface area (Å²) in [6.07, 6.45) is 4.83. The molecule has 1 saturated carbocycles. The zero-order valence-corrected chi connectivity index (χ0v) is 9.88. The van der Waals surface area contributed by atoms with E-state index in [0.717, 1.165) is 31.6 Å². The van der Waals surface area contributed by atoms with Gasteiger partial charge in [-0.15, -0.1) is 0 Å². The molecule has 0 amide bonds. The molecular weight excluding hydrogens is 212 g/mol. The van der Waals surface area contributed by atoms with Gasteiger partial charge in [0.15, 0.2) is 0 Å². The first-order chi connectivity index (χ1) is 8.36. The van der Waals surface area contributed by atoms with Crippen LogP contribution in [0.3, 0.4) is 0 Å². The number of benzene rings is 1. The molecule has 1 aliphatic heterocycles. The molecule has 1 heterocycles. The van der Waals surface area contributed by atoms with E-state index >= 15 is 0 Å². The zero-order chi connectivity index (χ0) is 11.7. The molecule has 1 fully saturated rings. The molecule has 0 aromatic heterocycles. The Morgan fingerprint density at radius 3 is 2.76 bits per heavy atom. The van der Waals surface area contributed by atoms with Crippen molar-refractivity contribution in [3.8, 4) is 0 Å². The first-order valence-electron chi connectivity index (χ1n) is 6.42. The first kappa shape index (κ1) is 10.8. The van der Waals surface area contributed by atoms with E-state index in [1.165, 1.54) is 5.56 Å². The Hall–Kier alpha value is -1.28. The molecule has 1 aliphatic carbocycles. The van der Waals surface area contributed by atoms with Crippen molar-refractivity contribution >= 4 is 0 Å². The minimum Gasteiger partial charge on any atom is -0.495 e. The third-order valence-electron chi connectivity index (χ3n) is 3.73. The summed E-state index contributed by atoms with van der Waals surface area (Å²) in [4.78, 5) is 0. The monoisotopic (exact) mass is 230 g/mol. The fraction of sp³-hybridized carbons (Fsp3) is 0.467. The summed E-state index contributed by atoms with van der Waals surface area (Å²) in [5.41, 5.74) is 1.34. The highest BCUT2D eigenvalue weighted by Gasteiger charge is 2.45. The van der Waals surface area contributed by atoms with Crippen LogP contribution < -0.4 is 0 Å². The second kappa shape index (κ2) is 4.53. The quantitative estimate of drug-likeness (QED) is 0.865. The Morgan fingerprint density at radius 1 is 1.24 bits per heavy atom. The smallest absolute Gasteiger partial charge is 0.121 e. The number of hydrogen-bond donors (Lipinski definition) is 1. The maximum atomic E-state index is 10.3. The fourth-order valence-corrected chi connectivity index (χ4v) is 2.64. The molecule has 0 saturated heterocycles. The van der Waals surface area contributed by atoms with Crippen molar-refractivity contribution in [1.29, 1.82) is 0 Å². The first-order valence-corrected chi connectivity index (χ1v) is 6.42. The van der Waals surface area contributed by atoms with E-state index in [2.05, 4.69) is 30.3 Å². The van der Waals surface area contributed by atoms with Crippen LogP contribution in [0, 0.1) is 5.92 Å². The summed E-state index contributed by atoms with van der Waals surface area (Å²) in [5, 5.41) is 10.3. The summed E-state index contributed by atoms with van der Waals surface area (Å²) < 4.78 is 5.54. The minimum atomic E-state index is -0.402. The van der Waals surface area contributed by atoms with Crippen LogP contribution in [0.25, 0.3) is 0 Å². The predicted octanol–water partition coefficient (Wildman–Crippen LogP) is 2.85. The Kier molecular flexibility index (Phi) is 2.89. The molecule has 2 heteroatoms. The number of aliphatic hydroxyl groups excluding tert-OH is 1. The summed E-state index contributed by atoms with van der Waals surface area (Å²) >= 11 is 0. The van der Waals surface area contributed by atoms with Gasteiger partial charge in [0.1, 0.15) is 11.9 Å². The standard InChI is InChI=1S/C15H18O2/c16-15(14-8-4-5-9-17-14)13-10-12(13)11-6-2-1-3-7-11/h1-3,6-8,12-13,15-16H,4-5,9-10H2. The third kappa shape index (κ3) is 2.22. The minimum absolute atomic E-state index is 0.349. The van der Waals surface area contributed by atoms with E-state index in [1.54, 1.807) is 0 Å². The van der Waals surface area contributed by atoms with Gasteiger partial charge in [0, 0.05) is 0 Å². The average Bonchev–Trinajstić information content (AvgIpc) is 3.20. The Balaban J connectivity index is 1.66. The summed E-state index contributed by atoms with van der Waals surface area (Å²) in [5.74, 6) is 1.67. The van der Waals surface area contributed by atoms with Gasteiger partial charge >= 0.3 is 0 Å². The Bertz CT molecular complexity index is 410. The Morgan fingerprint density at radius 2 is 2.06 bits per heavy atom. The van der Waals surface area contributed by atoms with Crippen molar-refractivity contribution in [2.24, 2.45) is 5.92 Å². The number of hydrogen-bond acceptors (Lipinski definition) is 2. The average molecular weight is 230 g/mol. The van der Waals surface area contributed by atoms with Crippen LogP contribution in [0.15, 0.2) is 42.2 Å². The van der Waals surface area contributed by atoms with Gasteiger partial charge in [0.2, 0.25) is 0 Å². The second-order valence-electron chi connectivity index (χ2n) is 4.96. The van der Waals surface area contributed by atoms with Crippen LogP contribution in [0.4, 0.5) is 0 Å². The SMILES string of the molecule is OC(C1=CCCCO1)C1CC1c1ccccc1. The van der Waals surface area contributed by atoms with Crippen molar-refractivity contribution in [1.82, 2.24) is 0 Å². The summed E-state index contributed by atoms with van der Waals surface area (Å²) in [6, 6.07) is 10.5. The Labute approximate surface area is 102 Å². The number of aliphatic hydroxyl groups is 1. The fourth-order valence-electron chi connectivity index (χ4n) is 2.64. The highest BCUT2D eigenvalue weighted by atomic mass is 16.5. The molecule has 0 spiro atoms. The lowest BCUT2D eigenvalue weighted by atomic mass is 10.0. The van der Waals surface area contributed by atoms with E-state index < -0.39 is 6.10 Å². The van der Waals surface area contributed by atoms with Gasteiger partial charge in [-0.2, -0.15) is 0 Å². The number of ether oxygens (including phenoxy) is 1. The number of rotatable bonds is 3. The van der Waals surface area contributed by atoms with E-state index in [1.807, 2.05) is 6.07 Å². The maximum absolute atomic E-state index is 10.3. The topological polar surface area (TPSA) is 29.5 Å². The molecular formula is C15H18O2. The van der Waals surface area contributed by atoms with Crippen LogP contribution >= 0.6 is 0 Å². The van der Waals surface area contributed by atoms with E-state index in [9.17, 15) is 5.11 Å². The zero-order valence-electron chi connectivity index (χ0n) is 9.88. The molecule has 1 N–H and O–H groups in total. The third-order valence-corrected chi connectivity index (χ3v) is 3.73. The van der Waals surface area contributed by atoms with E-state index in [0.29, 0.717) is 11.8 Å². The molecule has 0 bridgehead atoms. The normalized spacial score (nSPS) is 29.1. The molecule has 90 valence electrons. The number of allylic oxidation sites excluding steroid dienone is 1. The maximum Gasteiger partial charge on any atom is 0.121 e. The molecule has 3 rings (SSSR count). The van der Waals surface area contributed by atoms with Crippen LogP contribution in [-0.2, 0) is 4.74 Å². The van der Waals surface area contributed by atoms with Gasteiger partial charge in [-0.3, -0.25) is 0 Å². The van der Waals surface area contributed by atoms with Gasteiger partial charge in [-0.1, -0.05) is 30.3 Å². The summed E-state index contributed by atoms with van der Waals surface area (Å²) in [7, 11) is 0.